The van der Waals surface area contributed by atoms with Gasteiger partial charge in [-0.2, -0.15) is 5.26 Å². The van der Waals surface area contributed by atoms with Crippen molar-refractivity contribution in [1.29, 1.82) is 5.26 Å². The van der Waals surface area contributed by atoms with E-state index < -0.39 is 5.82 Å². The fourth-order valence-electron chi connectivity index (χ4n) is 3.09. The van der Waals surface area contributed by atoms with Crippen LogP contribution in [0.3, 0.4) is 0 Å². The molecule has 0 saturated heterocycles. The predicted octanol–water partition coefficient (Wildman–Crippen LogP) is 3.96. The quantitative estimate of drug-likeness (QED) is 0.783. The van der Waals surface area contributed by atoms with Crippen LogP contribution in [0.1, 0.15) is 18.1 Å². The Hall–Kier alpha value is -3.07. The van der Waals surface area contributed by atoms with E-state index in [9.17, 15) is 4.39 Å². The first-order chi connectivity index (χ1) is 12.0. The average Bonchev–Trinajstić information content (AvgIpc) is 3.00. The predicted molar refractivity (Wildman–Crippen MR) is 98.8 cm³/mol. The van der Waals surface area contributed by atoms with Crippen LogP contribution in [0.15, 0.2) is 30.6 Å². The van der Waals surface area contributed by atoms with Gasteiger partial charge in [0.05, 0.1) is 34.9 Å². The second-order valence-corrected chi connectivity index (χ2v) is 5.96. The van der Waals surface area contributed by atoms with E-state index in [-0.39, 0.29) is 0 Å². The Kier molecular flexibility index (Phi) is 4.32. The van der Waals surface area contributed by atoms with Crippen molar-refractivity contribution in [2.24, 2.45) is 7.05 Å². The topological polar surface area (TPSA) is 56.9 Å². The number of fused-ring (bicyclic) bond motifs is 1. The molecule has 0 aliphatic carbocycles. The molecule has 1 N–H and O–H groups in total. The van der Waals surface area contributed by atoms with E-state index in [2.05, 4.69) is 10.3 Å². The normalized spacial score (nSPS) is 10.7. The van der Waals surface area contributed by atoms with Gasteiger partial charge in [0.2, 0.25) is 0 Å². The molecule has 0 aliphatic heterocycles. The molecule has 3 rings (SSSR count). The first kappa shape index (κ1) is 16.8. The molecule has 3 aromatic rings. The average molecular weight is 337 g/mol. The highest BCUT2D eigenvalue weighted by Gasteiger charge is 2.18. The number of nitrogens with one attached hydrogen (secondary N) is 1. The third kappa shape index (κ3) is 2.78. The van der Waals surface area contributed by atoms with E-state index in [0.29, 0.717) is 17.7 Å². The van der Waals surface area contributed by atoms with Gasteiger partial charge in [-0.25, -0.2) is 9.37 Å². The van der Waals surface area contributed by atoms with Crippen molar-refractivity contribution in [1.82, 2.24) is 9.55 Å². The van der Waals surface area contributed by atoms with Crippen LogP contribution in [0.5, 0.6) is 0 Å². The molecule has 0 bridgehead atoms. The third-order valence-corrected chi connectivity index (χ3v) is 4.46. The summed E-state index contributed by atoms with van der Waals surface area (Å²) in [7, 11) is 5.60. The minimum atomic E-state index is -0.394. The van der Waals surface area contributed by atoms with Crippen molar-refractivity contribution in [3.8, 4) is 6.07 Å². The molecule has 0 radical (unpaired) electrons. The number of halogens is 1. The summed E-state index contributed by atoms with van der Waals surface area (Å²) in [6.45, 7) is 1.95. The highest BCUT2D eigenvalue weighted by Crippen LogP contribution is 2.35. The van der Waals surface area contributed by atoms with E-state index in [1.54, 1.807) is 12.4 Å². The van der Waals surface area contributed by atoms with Crippen molar-refractivity contribution < 1.29 is 4.39 Å². The number of benzene rings is 2. The summed E-state index contributed by atoms with van der Waals surface area (Å²) in [5.41, 5.74) is 5.19. The van der Waals surface area contributed by atoms with Crippen LogP contribution < -0.4 is 10.2 Å². The number of aryl methyl sites for hydroxylation is 2. The van der Waals surface area contributed by atoms with Gasteiger partial charge < -0.3 is 14.8 Å². The monoisotopic (exact) mass is 337 g/mol. The summed E-state index contributed by atoms with van der Waals surface area (Å²) in [4.78, 5) is 6.23. The Morgan fingerprint density at radius 1 is 1.32 bits per heavy atom. The molecule has 6 heteroatoms. The summed E-state index contributed by atoms with van der Waals surface area (Å²) >= 11 is 0. The Bertz CT molecular complexity index is 984. The van der Waals surface area contributed by atoms with E-state index in [4.69, 9.17) is 5.26 Å². The summed E-state index contributed by atoms with van der Waals surface area (Å²) < 4.78 is 16.6. The van der Waals surface area contributed by atoms with Gasteiger partial charge in [-0.1, -0.05) is 6.92 Å². The van der Waals surface area contributed by atoms with Gasteiger partial charge in [0.25, 0.3) is 0 Å². The van der Waals surface area contributed by atoms with Crippen LogP contribution in [0.2, 0.25) is 0 Å². The summed E-state index contributed by atoms with van der Waals surface area (Å²) in [5, 5.41) is 12.2. The van der Waals surface area contributed by atoms with Crippen LogP contribution in [-0.4, -0.2) is 23.6 Å². The fraction of sp³-hybridized carbons (Fsp3) is 0.263. The number of hydrogen-bond acceptors (Lipinski definition) is 4. The van der Waals surface area contributed by atoms with Crippen LogP contribution in [-0.2, 0) is 13.5 Å². The lowest BCUT2D eigenvalue weighted by molar-refractivity contribution is 0.625. The zero-order valence-corrected chi connectivity index (χ0v) is 14.8. The van der Waals surface area contributed by atoms with Gasteiger partial charge in [0.15, 0.2) is 0 Å². The minimum absolute atomic E-state index is 0.338. The zero-order valence-electron chi connectivity index (χ0n) is 14.8. The molecule has 0 spiro atoms. The molecule has 2 aromatic carbocycles. The Balaban J connectivity index is 2.19. The van der Waals surface area contributed by atoms with Gasteiger partial charge in [0.1, 0.15) is 11.3 Å². The van der Waals surface area contributed by atoms with Crippen LogP contribution in [0.25, 0.3) is 11.0 Å². The molecule has 0 atom stereocenters. The van der Waals surface area contributed by atoms with Gasteiger partial charge in [-0.3, -0.25) is 0 Å². The number of rotatable bonds is 4. The van der Waals surface area contributed by atoms with Crippen molar-refractivity contribution in [2.45, 2.75) is 13.3 Å². The Morgan fingerprint density at radius 3 is 2.72 bits per heavy atom. The minimum Gasteiger partial charge on any atom is -0.386 e. The number of aromatic nitrogens is 2. The van der Waals surface area contributed by atoms with Crippen LogP contribution in [0.4, 0.5) is 21.5 Å². The Labute approximate surface area is 146 Å². The number of nitrogens with zero attached hydrogens (tertiary/aromatic N) is 4. The first-order valence-corrected chi connectivity index (χ1v) is 8.09. The van der Waals surface area contributed by atoms with Gasteiger partial charge in [0, 0.05) is 26.8 Å². The second kappa shape index (κ2) is 6.44. The van der Waals surface area contributed by atoms with E-state index in [1.165, 1.54) is 6.07 Å². The van der Waals surface area contributed by atoms with Crippen LogP contribution in [0, 0.1) is 17.1 Å². The van der Waals surface area contributed by atoms with Crippen molar-refractivity contribution in [3.63, 3.8) is 0 Å². The lowest BCUT2D eigenvalue weighted by atomic mass is 10.0. The molecular weight excluding hydrogens is 317 g/mol. The van der Waals surface area contributed by atoms with Gasteiger partial charge in [-0.15, -0.1) is 0 Å². The van der Waals surface area contributed by atoms with Gasteiger partial charge >= 0.3 is 0 Å². The maximum Gasteiger partial charge on any atom is 0.148 e. The first-order valence-electron chi connectivity index (χ1n) is 8.09. The lowest BCUT2D eigenvalue weighted by Crippen LogP contribution is -2.14. The fourth-order valence-corrected chi connectivity index (χ4v) is 3.09. The molecule has 0 aliphatic rings. The smallest absolute Gasteiger partial charge is 0.148 e. The maximum atomic E-state index is 14.7. The molecule has 1 heterocycles. The van der Waals surface area contributed by atoms with Gasteiger partial charge in [-0.05, 0) is 36.2 Å². The van der Waals surface area contributed by atoms with Crippen molar-refractivity contribution in [2.75, 3.05) is 24.3 Å². The number of anilines is 3. The summed E-state index contributed by atoms with van der Waals surface area (Å²) in [5.74, 6) is -0.394. The SMILES string of the molecule is CCc1cc(C#N)cc(F)c1N(C)c1cc(NC)c2ncn(C)c2c1. The number of imidazole rings is 1. The van der Waals surface area contributed by atoms with E-state index in [1.807, 2.05) is 55.7 Å². The molecule has 0 fully saturated rings. The molecular formula is C19H20FN5. The molecule has 0 saturated carbocycles. The molecule has 128 valence electrons. The lowest BCUT2D eigenvalue weighted by Gasteiger charge is -2.24. The maximum absolute atomic E-state index is 14.7. The van der Waals surface area contributed by atoms with E-state index >= 15 is 0 Å². The largest absolute Gasteiger partial charge is 0.386 e. The third-order valence-electron chi connectivity index (χ3n) is 4.46. The molecule has 5 nitrogen and oxygen atoms in total. The highest BCUT2D eigenvalue weighted by atomic mass is 19.1. The molecule has 1 aromatic heterocycles. The molecule has 0 amide bonds. The number of nitriles is 1. The van der Waals surface area contributed by atoms with E-state index in [0.717, 1.165) is 28.0 Å². The number of hydrogen-bond donors (Lipinski definition) is 1. The highest BCUT2D eigenvalue weighted by molar-refractivity contribution is 5.93. The van der Waals surface area contributed by atoms with Crippen molar-refractivity contribution >= 4 is 28.1 Å². The molecule has 25 heavy (non-hydrogen) atoms. The summed E-state index contributed by atoms with van der Waals surface area (Å²) in [6, 6.07) is 8.98. The standard InChI is InChI=1S/C19H20FN5/c1-5-13-6-12(10-21)7-15(20)19(13)25(4)14-8-16(22-2)18-17(9-14)24(3)11-23-18/h6-9,11,22H,5H2,1-4H3. The van der Waals surface area contributed by atoms with Crippen molar-refractivity contribution in [3.05, 3.63) is 47.5 Å². The Morgan fingerprint density at radius 2 is 2.08 bits per heavy atom. The second-order valence-electron chi connectivity index (χ2n) is 5.96. The molecule has 0 unspecified atom stereocenters. The summed E-state index contributed by atoms with van der Waals surface area (Å²) in [6.07, 6.45) is 2.40. The zero-order chi connectivity index (χ0) is 18.1. The van der Waals surface area contributed by atoms with Crippen LogP contribution >= 0.6 is 0 Å².